The number of anilines is 1. The number of aryl methyl sites for hydroxylation is 1. The van der Waals surface area contributed by atoms with Crippen molar-refractivity contribution < 1.29 is 9.13 Å². The maximum Gasteiger partial charge on any atom is 0.125 e. The Hall–Kier alpha value is -1.09. The van der Waals surface area contributed by atoms with Crippen LogP contribution in [0, 0.1) is 12.7 Å². The number of halogens is 1. The van der Waals surface area contributed by atoms with E-state index >= 15 is 0 Å². The number of rotatable bonds is 1. The van der Waals surface area contributed by atoms with E-state index in [1.165, 1.54) is 0 Å². The molecule has 0 saturated carbocycles. The topological polar surface area (TPSA) is 12.5 Å². The molecule has 1 fully saturated rings. The fourth-order valence-corrected chi connectivity index (χ4v) is 1.72. The SMILES string of the molecule is Cc1cc(F)cc(N2CCOCC2)c1. The number of hydrogen-bond acceptors (Lipinski definition) is 2. The van der Waals surface area contributed by atoms with Gasteiger partial charge in [0.25, 0.3) is 0 Å². The van der Waals surface area contributed by atoms with E-state index in [-0.39, 0.29) is 5.82 Å². The zero-order chi connectivity index (χ0) is 9.97. The first-order valence-electron chi connectivity index (χ1n) is 4.85. The average molecular weight is 195 g/mol. The lowest BCUT2D eigenvalue weighted by Crippen LogP contribution is -2.36. The summed E-state index contributed by atoms with van der Waals surface area (Å²) in [6.07, 6.45) is 0. The largest absolute Gasteiger partial charge is 0.378 e. The molecule has 0 N–H and O–H groups in total. The molecular formula is C11H14FNO. The number of nitrogens with zero attached hydrogens (tertiary/aromatic N) is 1. The molecule has 2 nitrogen and oxygen atoms in total. The first-order chi connectivity index (χ1) is 6.75. The Morgan fingerprint density at radius 3 is 2.57 bits per heavy atom. The molecule has 0 aliphatic carbocycles. The summed E-state index contributed by atoms with van der Waals surface area (Å²) in [4.78, 5) is 2.15. The summed E-state index contributed by atoms with van der Waals surface area (Å²) in [6, 6.07) is 5.14. The van der Waals surface area contributed by atoms with Gasteiger partial charge in [-0.25, -0.2) is 4.39 Å². The maximum atomic E-state index is 13.1. The van der Waals surface area contributed by atoms with Gasteiger partial charge in [0.15, 0.2) is 0 Å². The lowest BCUT2D eigenvalue weighted by molar-refractivity contribution is 0.122. The fraction of sp³-hybridized carbons (Fsp3) is 0.455. The molecular weight excluding hydrogens is 181 g/mol. The average Bonchev–Trinajstić information content (AvgIpc) is 2.18. The smallest absolute Gasteiger partial charge is 0.125 e. The second-order valence-electron chi connectivity index (χ2n) is 3.59. The highest BCUT2D eigenvalue weighted by Crippen LogP contribution is 2.19. The van der Waals surface area contributed by atoms with E-state index < -0.39 is 0 Å². The van der Waals surface area contributed by atoms with E-state index in [4.69, 9.17) is 4.74 Å². The lowest BCUT2D eigenvalue weighted by atomic mass is 10.2. The predicted octanol–water partition coefficient (Wildman–Crippen LogP) is 1.97. The number of ether oxygens (including phenoxy) is 1. The first-order valence-corrected chi connectivity index (χ1v) is 4.85. The van der Waals surface area contributed by atoms with Crippen molar-refractivity contribution in [3.05, 3.63) is 29.6 Å². The zero-order valence-electron chi connectivity index (χ0n) is 8.29. The molecule has 2 rings (SSSR count). The van der Waals surface area contributed by atoms with E-state index in [0.29, 0.717) is 0 Å². The van der Waals surface area contributed by atoms with E-state index in [1.807, 2.05) is 13.0 Å². The molecule has 1 aromatic rings. The van der Waals surface area contributed by atoms with Gasteiger partial charge < -0.3 is 9.64 Å². The van der Waals surface area contributed by atoms with E-state index in [0.717, 1.165) is 37.6 Å². The fourth-order valence-electron chi connectivity index (χ4n) is 1.72. The van der Waals surface area contributed by atoms with E-state index in [2.05, 4.69) is 4.90 Å². The quantitative estimate of drug-likeness (QED) is 0.679. The number of morpholine rings is 1. The molecule has 0 spiro atoms. The predicted molar refractivity (Wildman–Crippen MR) is 54.2 cm³/mol. The van der Waals surface area contributed by atoms with Crippen LogP contribution in [0.2, 0.25) is 0 Å². The standard InChI is InChI=1S/C11H14FNO/c1-9-6-10(12)8-11(7-9)13-2-4-14-5-3-13/h6-8H,2-5H2,1H3. The molecule has 0 unspecified atom stereocenters. The van der Waals surface area contributed by atoms with Crippen molar-refractivity contribution in [2.75, 3.05) is 31.2 Å². The van der Waals surface area contributed by atoms with Crippen LogP contribution in [0.15, 0.2) is 18.2 Å². The zero-order valence-corrected chi connectivity index (χ0v) is 8.29. The molecule has 1 aliphatic rings. The summed E-state index contributed by atoms with van der Waals surface area (Å²) in [7, 11) is 0. The van der Waals surface area contributed by atoms with Crippen LogP contribution in [-0.2, 0) is 4.74 Å². The van der Waals surface area contributed by atoms with Crippen molar-refractivity contribution in [1.82, 2.24) is 0 Å². The van der Waals surface area contributed by atoms with Crippen LogP contribution >= 0.6 is 0 Å². The number of benzene rings is 1. The van der Waals surface area contributed by atoms with Crippen molar-refractivity contribution in [1.29, 1.82) is 0 Å². The molecule has 1 saturated heterocycles. The Labute approximate surface area is 83.3 Å². The summed E-state index contributed by atoms with van der Waals surface area (Å²) in [5.41, 5.74) is 1.93. The molecule has 0 amide bonds. The third kappa shape index (κ3) is 2.04. The highest BCUT2D eigenvalue weighted by atomic mass is 19.1. The van der Waals surface area contributed by atoms with Crippen LogP contribution in [0.25, 0.3) is 0 Å². The van der Waals surface area contributed by atoms with E-state index in [9.17, 15) is 4.39 Å². The van der Waals surface area contributed by atoms with Crippen LogP contribution in [0.1, 0.15) is 5.56 Å². The van der Waals surface area contributed by atoms with Crippen molar-refractivity contribution >= 4 is 5.69 Å². The van der Waals surface area contributed by atoms with Gasteiger partial charge in [0.05, 0.1) is 13.2 Å². The van der Waals surface area contributed by atoms with Crippen LogP contribution in [-0.4, -0.2) is 26.3 Å². The monoisotopic (exact) mass is 195 g/mol. The molecule has 76 valence electrons. The Bertz CT molecular complexity index is 301. The third-order valence-electron chi connectivity index (χ3n) is 2.40. The Morgan fingerprint density at radius 2 is 1.93 bits per heavy atom. The van der Waals surface area contributed by atoms with Crippen molar-refractivity contribution in [3.8, 4) is 0 Å². The van der Waals surface area contributed by atoms with E-state index in [1.54, 1.807) is 12.1 Å². The van der Waals surface area contributed by atoms with Gasteiger partial charge in [-0.3, -0.25) is 0 Å². The minimum Gasteiger partial charge on any atom is -0.378 e. The second-order valence-corrected chi connectivity index (χ2v) is 3.59. The Balaban J connectivity index is 2.21. The molecule has 1 heterocycles. The lowest BCUT2D eigenvalue weighted by Gasteiger charge is -2.29. The molecule has 0 radical (unpaired) electrons. The van der Waals surface area contributed by atoms with Gasteiger partial charge >= 0.3 is 0 Å². The molecule has 0 aromatic heterocycles. The Kier molecular flexibility index (Phi) is 2.68. The van der Waals surface area contributed by atoms with Crippen LogP contribution in [0.4, 0.5) is 10.1 Å². The summed E-state index contributed by atoms with van der Waals surface area (Å²) < 4.78 is 18.4. The minimum atomic E-state index is -0.161. The normalized spacial score (nSPS) is 17.1. The highest BCUT2D eigenvalue weighted by Gasteiger charge is 2.11. The van der Waals surface area contributed by atoms with Crippen molar-refractivity contribution in [2.45, 2.75) is 6.92 Å². The highest BCUT2D eigenvalue weighted by molar-refractivity contribution is 5.49. The number of hydrogen-bond donors (Lipinski definition) is 0. The first kappa shape index (κ1) is 9.46. The van der Waals surface area contributed by atoms with Gasteiger partial charge in [0.1, 0.15) is 5.82 Å². The summed E-state index contributed by atoms with van der Waals surface area (Å²) in [5.74, 6) is -0.161. The molecule has 14 heavy (non-hydrogen) atoms. The van der Waals surface area contributed by atoms with Gasteiger partial charge in [0, 0.05) is 18.8 Å². The van der Waals surface area contributed by atoms with Gasteiger partial charge in [-0.05, 0) is 30.7 Å². The molecule has 1 aromatic carbocycles. The summed E-state index contributed by atoms with van der Waals surface area (Å²) >= 11 is 0. The van der Waals surface area contributed by atoms with Crippen molar-refractivity contribution in [2.24, 2.45) is 0 Å². The van der Waals surface area contributed by atoms with Crippen molar-refractivity contribution in [3.63, 3.8) is 0 Å². The Morgan fingerprint density at radius 1 is 1.21 bits per heavy atom. The maximum absolute atomic E-state index is 13.1. The van der Waals surface area contributed by atoms with Gasteiger partial charge in [-0.1, -0.05) is 0 Å². The molecule has 0 bridgehead atoms. The minimum absolute atomic E-state index is 0.161. The van der Waals surface area contributed by atoms with Crippen LogP contribution in [0.5, 0.6) is 0 Å². The van der Waals surface area contributed by atoms with Gasteiger partial charge in [-0.15, -0.1) is 0 Å². The summed E-state index contributed by atoms with van der Waals surface area (Å²) in [6.45, 7) is 5.07. The molecule has 0 atom stereocenters. The molecule has 1 aliphatic heterocycles. The second kappa shape index (κ2) is 3.96. The van der Waals surface area contributed by atoms with Crippen LogP contribution in [0.3, 0.4) is 0 Å². The molecule has 3 heteroatoms. The third-order valence-corrected chi connectivity index (χ3v) is 2.40. The van der Waals surface area contributed by atoms with Gasteiger partial charge in [0.2, 0.25) is 0 Å². The van der Waals surface area contributed by atoms with Crippen LogP contribution < -0.4 is 4.90 Å². The summed E-state index contributed by atoms with van der Waals surface area (Å²) in [5, 5.41) is 0. The van der Waals surface area contributed by atoms with Gasteiger partial charge in [-0.2, -0.15) is 0 Å².